The molecule has 0 aliphatic heterocycles. The topological polar surface area (TPSA) is 35.5 Å². The van der Waals surface area contributed by atoms with Gasteiger partial charge in [0.2, 0.25) is 0 Å². The van der Waals surface area contributed by atoms with Crippen molar-refractivity contribution in [2.24, 2.45) is 11.3 Å². The summed E-state index contributed by atoms with van der Waals surface area (Å²) in [5.41, 5.74) is 0.416. The second kappa shape index (κ2) is 6.72. The van der Waals surface area contributed by atoms with Crippen LogP contribution in [0.5, 0.6) is 0 Å². The van der Waals surface area contributed by atoms with Gasteiger partial charge < -0.3 is 15.3 Å². The Bertz CT molecular complexity index is 212. The molecular weight excluding hydrogens is 212 g/mol. The average Bonchev–Trinajstić information content (AvgIpc) is 2.32. The number of nitrogens with one attached hydrogen (secondary N) is 1. The first-order valence-corrected chi connectivity index (χ1v) is 6.99. The number of nitrogens with zero attached hydrogens (tertiary/aromatic N) is 1. The van der Waals surface area contributed by atoms with Crippen LogP contribution < -0.4 is 5.32 Å². The molecule has 17 heavy (non-hydrogen) atoms. The van der Waals surface area contributed by atoms with E-state index in [-0.39, 0.29) is 12.6 Å². The van der Waals surface area contributed by atoms with Crippen LogP contribution in [0.1, 0.15) is 39.5 Å². The van der Waals surface area contributed by atoms with Crippen LogP contribution in [-0.2, 0) is 0 Å². The molecule has 0 aromatic heterocycles. The minimum Gasteiger partial charge on any atom is -0.395 e. The Labute approximate surface area is 107 Å². The molecule has 1 aliphatic carbocycles. The minimum atomic E-state index is 0.253. The van der Waals surface area contributed by atoms with E-state index < -0.39 is 0 Å². The normalized spacial score (nSPS) is 31.8. The maximum Gasteiger partial charge on any atom is 0.0584 e. The summed E-state index contributed by atoms with van der Waals surface area (Å²) in [5.74, 6) is 0.889. The molecule has 0 saturated heterocycles. The summed E-state index contributed by atoms with van der Waals surface area (Å²) >= 11 is 0. The van der Waals surface area contributed by atoms with Crippen LogP contribution in [0.2, 0.25) is 0 Å². The van der Waals surface area contributed by atoms with Gasteiger partial charge in [0.25, 0.3) is 0 Å². The molecule has 0 aromatic rings. The van der Waals surface area contributed by atoms with E-state index in [2.05, 4.69) is 38.2 Å². The lowest BCUT2D eigenvalue weighted by atomic mass is 9.70. The Kier molecular flexibility index (Phi) is 5.90. The third-order valence-corrected chi connectivity index (χ3v) is 4.49. The van der Waals surface area contributed by atoms with E-state index in [0.29, 0.717) is 5.41 Å². The van der Waals surface area contributed by atoms with E-state index in [1.54, 1.807) is 0 Å². The summed E-state index contributed by atoms with van der Waals surface area (Å²) in [5, 5.41) is 12.6. The molecule has 1 aliphatic rings. The van der Waals surface area contributed by atoms with Gasteiger partial charge in [-0.15, -0.1) is 0 Å². The van der Waals surface area contributed by atoms with Crippen molar-refractivity contribution in [1.29, 1.82) is 0 Å². The highest BCUT2D eigenvalue weighted by Gasteiger charge is 2.35. The van der Waals surface area contributed by atoms with Gasteiger partial charge in [-0.25, -0.2) is 0 Å². The van der Waals surface area contributed by atoms with Crippen LogP contribution in [0.15, 0.2) is 0 Å². The second-order valence-corrected chi connectivity index (χ2v) is 6.16. The third-order valence-electron chi connectivity index (χ3n) is 4.49. The molecule has 1 saturated carbocycles. The van der Waals surface area contributed by atoms with Gasteiger partial charge in [-0.3, -0.25) is 0 Å². The second-order valence-electron chi connectivity index (χ2n) is 6.16. The molecule has 1 fully saturated rings. The smallest absolute Gasteiger partial charge is 0.0584 e. The molecule has 2 N–H and O–H groups in total. The maximum absolute atomic E-state index is 9.23. The molecule has 1 atom stereocenters. The van der Waals surface area contributed by atoms with Crippen molar-refractivity contribution in [2.45, 2.75) is 45.6 Å². The first kappa shape index (κ1) is 14.9. The quantitative estimate of drug-likeness (QED) is 0.744. The highest BCUT2D eigenvalue weighted by Crippen LogP contribution is 2.39. The molecular formula is C14H30N2O. The van der Waals surface area contributed by atoms with E-state index >= 15 is 0 Å². The number of likely N-dealkylation sites (N-methyl/N-ethyl adjacent to an activating group) is 1. The number of aliphatic hydroxyl groups is 1. The first-order valence-electron chi connectivity index (χ1n) is 6.99. The van der Waals surface area contributed by atoms with E-state index in [1.807, 2.05) is 0 Å². The van der Waals surface area contributed by atoms with E-state index in [4.69, 9.17) is 0 Å². The van der Waals surface area contributed by atoms with Gasteiger partial charge in [-0.2, -0.15) is 0 Å². The van der Waals surface area contributed by atoms with E-state index in [1.165, 1.54) is 25.7 Å². The SMILES string of the molecule is CNCC1(CN(C)C(C)CO)CCC(C)CC1. The molecule has 0 amide bonds. The van der Waals surface area contributed by atoms with Crippen molar-refractivity contribution in [3.05, 3.63) is 0 Å². The van der Waals surface area contributed by atoms with Crippen LogP contribution in [-0.4, -0.2) is 49.8 Å². The van der Waals surface area contributed by atoms with Gasteiger partial charge in [-0.05, 0) is 45.2 Å². The number of hydrogen-bond donors (Lipinski definition) is 2. The van der Waals surface area contributed by atoms with Crippen LogP contribution in [0, 0.1) is 11.3 Å². The molecule has 0 radical (unpaired) electrons. The molecule has 102 valence electrons. The zero-order valence-electron chi connectivity index (χ0n) is 12.0. The fourth-order valence-electron chi connectivity index (χ4n) is 2.96. The summed E-state index contributed by atoms with van der Waals surface area (Å²) in [7, 11) is 4.19. The fourth-order valence-corrected chi connectivity index (χ4v) is 2.96. The van der Waals surface area contributed by atoms with Crippen molar-refractivity contribution in [3.8, 4) is 0 Å². The van der Waals surface area contributed by atoms with Crippen LogP contribution >= 0.6 is 0 Å². The van der Waals surface area contributed by atoms with Crippen molar-refractivity contribution >= 4 is 0 Å². The minimum absolute atomic E-state index is 0.253. The predicted molar refractivity (Wildman–Crippen MR) is 73.2 cm³/mol. The van der Waals surface area contributed by atoms with Gasteiger partial charge in [-0.1, -0.05) is 19.8 Å². The molecule has 0 spiro atoms. The van der Waals surface area contributed by atoms with Crippen molar-refractivity contribution in [2.75, 3.05) is 33.8 Å². The third kappa shape index (κ3) is 4.23. The zero-order valence-corrected chi connectivity index (χ0v) is 12.0. The van der Waals surface area contributed by atoms with Crippen LogP contribution in [0.25, 0.3) is 0 Å². The molecule has 1 unspecified atom stereocenters. The number of aliphatic hydroxyl groups excluding tert-OH is 1. The van der Waals surface area contributed by atoms with Gasteiger partial charge in [0.05, 0.1) is 6.61 Å². The summed E-state index contributed by atoms with van der Waals surface area (Å²) in [6.45, 7) is 6.91. The Hall–Kier alpha value is -0.120. The Morgan fingerprint density at radius 1 is 1.41 bits per heavy atom. The summed E-state index contributed by atoms with van der Waals surface area (Å²) in [4.78, 5) is 2.31. The van der Waals surface area contributed by atoms with Gasteiger partial charge >= 0.3 is 0 Å². The molecule has 0 bridgehead atoms. The lowest BCUT2D eigenvalue weighted by Crippen LogP contribution is -2.47. The fraction of sp³-hybridized carbons (Fsp3) is 1.00. The molecule has 3 nitrogen and oxygen atoms in total. The summed E-state index contributed by atoms with van der Waals surface area (Å²) in [6, 6.07) is 0.267. The zero-order chi connectivity index (χ0) is 12.9. The number of hydrogen-bond acceptors (Lipinski definition) is 3. The van der Waals surface area contributed by atoms with Gasteiger partial charge in [0.1, 0.15) is 0 Å². The van der Waals surface area contributed by atoms with Crippen LogP contribution in [0.3, 0.4) is 0 Å². The van der Waals surface area contributed by atoms with E-state index in [9.17, 15) is 5.11 Å². The Morgan fingerprint density at radius 2 is 2.00 bits per heavy atom. The Morgan fingerprint density at radius 3 is 2.47 bits per heavy atom. The lowest BCUT2D eigenvalue weighted by molar-refractivity contribution is 0.0660. The van der Waals surface area contributed by atoms with Crippen LogP contribution in [0.4, 0.5) is 0 Å². The number of rotatable bonds is 6. The predicted octanol–water partition coefficient (Wildman–Crippen LogP) is 1.71. The molecule has 3 heteroatoms. The Balaban J connectivity index is 2.58. The standard InChI is InChI=1S/C14H30N2O/c1-12-5-7-14(8-6-12,10-15-3)11-16(4)13(2)9-17/h12-13,15,17H,5-11H2,1-4H3. The first-order chi connectivity index (χ1) is 8.03. The lowest BCUT2D eigenvalue weighted by Gasteiger charge is -2.43. The van der Waals surface area contributed by atoms with E-state index in [0.717, 1.165) is 19.0 Å². The van der Waals surface area contributed by atoms with Crippen molar-refractivity contribution in [3.63, 3.8) is 0 Å². The monoisotopic (exact) mass is 242 g/mol. The highest BCUT2D eigenvalue weighted by molar-refractivity contribution is 4.89. The largest absolute Gasteiger partial charge is 0.395 e. The van der Waals surface area contributed by atoms with Gasteiger partial charge in [0.15, 0.2) is 0 Å². The van der Waals surface area contributed by atoms with Gasteiger partial charge in [0, 0.05) is 19.1 Å². The highest BCUT2D eigenvalue weighted by atomic mass is 16.3. The molecule has 0 aromatic carbocycles. The van der Waals surface area contributed by atoms with Crippen molar-refractivity contribution in [1.82, 2.24) is 10.2 Å². The van der Waals surface area contributed by atoms with Crippen molar-refractivity contribution < 1.29 is 5.11 Å². The molecule has 1 rings (SSSR count). The summed E-state index contributed by atoms with van der Waals surface area (Å²) in [6.07, 6.45) is 5.33. The summed E-state index contributed by atoms with van der Waals surface area (Å²) < 4.78 is 0. The maximum atomic E-state index is 9.23. The molecule has 0 heterocycles. The average molecular weight is 242 g/mol.